The summed E-state index contributed by atoms with van der Waals surface area (Å²) >= 11 is 1.62. The van der Waals surface area contributed by atoms with Crippen LogP contribution < -0.4 is 10.6 Å². The van der Waals surface area contributed by atoms with Gasteiger partial charge < -0.3 is 15.5 Å². The van der Waals surface area contributed by atoms with Crippen molar-refractivity contribution in [1.82, 2.24) is 15.1 Å². The van der Waals surface area contributed by atoms with Gasteiger partial charge >= 0.3 is 11.8 Å². The predicted molar refractivity (Wildman–Crippen MR) is 109 cm³/mol. The molecule has 2 aromatic rings. The van der Waals surface area contributed by atoms with Gasteiger partial charge in [0.2, 0.25) is 0 Å². The zero-order valence-corrected chi connectivity index (χ0v) is 16.5. The predicted octanol–water partition coefficient (Wildman–Crippen LogP) is 1.66. The number of hydrogen-bond acceptors (Lipinski definition) is 6. The molecule has 2 N–H and O–H groups in total. The second kappa shape index (κ2) is 9.46. The molecule has 1 unspecified atom stereocenters. The van der Waals surface area contributed by atoms with Crippen LogP contribution in [0.15, 0.2) is 41.1 Å². The first-order valence-electron chi connectivity index (χ1n) is 9.11. The van der Waals surface area contributed by atoms with Crippen molar-refractivity contribution in [2.45, 2.75) is 6.04 Å². The fourth-order valence-electron chi connectivity index (χ4n) is 3.19. The van der Waals surface area contributed by atoms with E-state index < -0.39 is 11.8 Å². The number of thiophene rings is 1. The summed E-state index contributed by atoms with van der Waals surface area (Å²) in [5, 5.41) is 18.5. The molecule has 8 heteroatoms. The Kier molecular flexibility index (Phi) is 6.76. The fourth-order valence-corrected chi connectivity index (χ4v) is 3.90. The minimum absolute atomic E-state index is 0.0306. The Morgan fingerprint density at radius 2 is 1.93 bits per heavy atom. The standard InChI is InChI=1S/C20H23N5O2S/c1-24-7-9-25(10-8-24)18(16-6-11-28-14-16)13-22-19(26)20(27)23-17-5-3-2-4-15(17)12-21/h2-6,11,14,18H,7-10,13H2,1H3,(H,22,26)(H,23,27). The lowest BCUT2D eigenvalue weighted by Gasteiger charge is -2.37. The average Bonchev–Trinajstić information content (AvgIpc) is 3.24. The molecule has 1 atom stereocenters. The molecule has 0 bridgehead atoms. The second-order valence-corrected chi connectivity index (χ2v) is 7.51. The van der Waals surface area contributed by atoms with Crippen LogP contribution in [0.2, 0.25) is 0 Å². The van der Waals surface area contributed by atoms with Crippen LogP contribution in [-0.4, -0.2) is 61.4 Å². The molecule has 28 heavy (non-hydrogen) atoms. The number of hydrogen-bond donors (Lipinski definition) is 2. The number of likely N-dealkylation sites (N-methyl/N-ethyl adjacent to an activating group) is 1. The molecule has 0 aliphatic carbocycles. The number of para-hydroxylation sites is 1. The Balaban J connectivity index is 1.62. The maximum Gasteiger partial charge on any atom is 0.313 e. The van der Waals surface area contributed by atoms with Crippen molar-refractivity contribution < 1.29 is 9.59 Å². The van der Waals surface area contributed by atoms with E-state index in [9.17, 15) is 9.59 Å². The van der Waals surface area contributed by atoms with Gasteiger partial charge in [-0.3, -0.25) is 14.5 Å². The zero-order chi connectivity index (χ0) is 19.9. The van der Waals surface area contributed by atoms with E-state index in [1.54, 1.807) is 35.6 Å². The van der Waals surface area contributed by atoms with E-state index >= 15 is 0 Å². The highest BCUT2D eigenvalue weighted by molar-refractivity contribution is 7.08. The zero-order valence-electron chi connectivity index (χ0n) is 15.7. The minimum atomic E-state index is -0.773. The van der Waals surface area contributed by atoms with E-state index in [4.69, 9.17) is 5.26 Å². The number of carbonyl (C=O) groups excluding carboxylic acids is 2. The summed E-state index contributed by atoms with van der Waals surface area (Å²) in [5.41, 5.74) is 1.79. The first-order valence-corrected chi connectivity index (χ1v) is 10.1. The molecule has 1 saturated heterocycles. The highest BCUT2D eigenvalue weighted by Crippen LogP contribution is 2.23. The van der Waals surface area contributed by atoms with E-state index in [2.05, 4.69) is 38.9 Å². The molecule has 1 aliphatic heterocycles. The number of nitrogens with zero attached hydrogens (tertiary/aromatic N) is 3. The van der Waals surface area contributed by atoms with Crippen molar-refractivity contribution in [3.63, 3.8) is 0 Å². The van der Waals surface area contributed by atoms with Gasteiger partial charge in [0, 0.05) is 32.7 Å². The smallest absolute Gasteiger partial charge is 0.313 e. The maximum absolute atomic E-state index is 12.3. The molecule has 1 aromatic heterocycles. The monoisotopic (exact) mass is 397 g/mol. The molecule has 146 valence electrons. The summed E-state index contributed by atoms with van der Waals surface area (Å²) in [6.07, 6.45) is 0. The first-order chi connectivity index (χ1) is 13.6. The van der Waals surface area contributed by atoms with Gasteiger partial charge in [-0.05, 0) is 41.6 Å². The van der Waals surface area contributed by atoms with Gasteiger partial charge in [0.25, 0.3) is 0 Å². The van der Waals surface area contributed by atoms with Gasteiger partial charge in [0.15, 0.2) is 0 Å². The van der Waals surface area contributed by atoms with Gasteiger partial charge in [0.1, 0.15) is 6.07 Å². The Morgan fingerprint density at radius 3 is 2.61 bits per heavy atom. The van der Waals surface area contributed by atoms with E-state index in [-0.39, 0.29) is 6.04 Å². The maximum atomic E-state index is 12.3. The summed E-state index contributed by atoms with van der Waals surface area (Å²) in [7, 11) is 2.10. The lowest BCUT2D eigenvalue weighted by molar-refractivity contribution is -0.136. The molecule has 0 radical (unpaired) electrons. The highest BCUT2D eigenvalue weighted by Gasteiger charge is 2.25. The van der Waals surface area contributed by atoms with Crippen LogP contribution in [0, 0.1) is 11.3 Å². The van der Waals surface area contributed by atoms with Gasteiger partial charge in [-0.2, -0.15) is 16.6 Å². The van der Waals surface area contributed by atoms with Crippen molar-refractivity contribution in [3.05, 3.63) is 52.2 Å². The van der Waals surface area contributed by atoms with Crippen molar-refractivity contribution in [1.29, 1.82) is 5.26 Å². The Bertz CT molecular complexity index is 854. The van der Waals surface area contributed by atoms with Crippen LogP contribution in [0.1, 0.15) is 17.2 Å². The van der Waals surface area contributed by atoms with Gasteiger partial charge in [-0.25, -0.2) is 0 Å². The highest BCUT2D eigenvalue weighted by atomic mass is 32.1. The van der Waals surface area contributed by atoms with Crippen molar-refractivity contribution in [2.75, 3.05) is 45.1 Å². The summed E-state index contributed by atoms with van der Waals surface area (Å²) in [4.78, 5) is 29.2. The second-order valence-electron chi connectivity index (χ2n) is 6.73. The van der Waals surface area contributed by atoms with Crippen molar-refractivity contribution >= 4 is 28.8 Å². The summed E-state index contributed by atoms with van der Waals surface area (Å²) in [6.45, 7) is 4.12. The summed E-state index contributed by atoms with van der Waals surface area (Å²) in [5.74, 6) is -1.48. The van der Waals surface area contributed by atoms with Gasteiger partial charge in [-0.15, -0.1) is 0 Å². The topological polar surface area (TPSA) is 88.5 Å². The SMILES string of the molecule is CN1CCN(C(CNC(=O)C(=O)Nc2ccccc2C#N)c2ccsc2)CC1. The van der Waals surface area contributed by atoms with Crippen LogP contribution in [0.4, 0.5) is 5.69 Å². The van der Waals surface area contributed by atoms with Crippen LogP contribution in [0.25, 0.3) is 0 Å². The number of piperazine rings is 1. The average molecular weight is 398 g/mol. The normalized spacial score (nSPS) is 16.1. The molecule has 7 nitrogen and oxygen atoms in total. The number of carbonyl (C=O) groups is 2. The molecule has 0 saturated carbocycles. The summed E-state index contributed by atoms with van der Waals surface area (Å²) in [6, 6.07) is 10.7. The molecule has 1 aromatic carbocycles. The van der Waals surface area contributed by atoms with E-state index in [1.807, 2.05) is 11.4 Å². The number of anilines is 1. The van der Waals surface area contributed by atoms with Gasteiger partial charge in [0.05, 0.1) is 17.3 Å². The van der Waals surface area contributed by atoms with E-state index in [1.165, 1.54) is 0 Å². The third-order valence-corrected chi connectivity index (χ3v) is 5.57. The third-order valence-electron chi connectivity index (χ3n) is 4.86. The van der Waals surface area contributed by atoms with E-state index in [0.717, 1.165) is 31.7 Å². The van der Waals surface area contributed by atoms with Crippen LogP contribution in [0.5, 0.6) is 0 Å². The Hall–Kier alpha value is -2.73. The number of nitriles is 1. The minimum Gasteiger partial charge on any atom is -0.346 e. The molecule has 1 aliphatic rings. The Morgan fingerprint density at radius 1 is 1.18 bits per heavy atom. The lowest BCUT2D eigenvalue weighted by atomic mass is 10.1. The van der Waals surface area contributed by atoms with Crippen LogP contribution >= 0.6 is 11.3 Å². The number of amides is 2. The van der Waals surface area contributed by atoms with E-state index in [0.29, 0.717) is 17.8 Å². The number of rotatable bonds is 5. The molecule has 3 rings (SSSR count). The molecular formula is C20H23N5O2S. The van der Waals surface area contributed by atoms with Crippen molar-refractivity contribution in [3.8, 4) is 6.07 Å². The third kappa shape index (κ3) is 4.95. The largest absolute Gasteiger partial charge is 0.346 e. The van der Waals surface area contributed by atoms with Crippen LogP contribution in [-0.2, 0) is 9.59 Å². The molecule has 2 amide bonds. The first kappa shape index (κ1) is 20.0. The fraction of sp³-hybridized carbons (Fsp3) is 0.350. The quantitative estimate of drug-likeness (QED) is 0.749. The Labute approximate surface area is 168 Å². The molecule has 2 heterocycles. The molecular weight excluding hydrogens is 374 g/mol. The van der Waals surface area contributed by atoms with Gasteiger partial charge in [-0.1, -0.05) is 12.1 Å². The molecule has 1 fully saturated rings. The summed E-state index contributed by atoms with van der Waals surface area (Å²) < 4.78 is 0. The van der Waals surface area contributed by atoms with Crippen LogP contribution in [0.3, 0.4) is 0 Å². The van der Waals surface area contributed by atoms with Crippen molar-refractivity contribution in [2.24, 2.45) is 0 Å². The number of nitrogens with one attached hydrogen (secondary N) is 2. The lowest BCUT2D eigenvalue weighted by Crippen LogP contribution is -2.49. The number of benzene rings is 1. The molecule has 0 spiro atoms.